The number of carbonyl (C=O) groups is 2. The van der Waals surface area contributed by atoms with E-state index in [9.17, 15) is 9.59 Å². The third-order valence-electron chi connectivity index (χ3n) is 2.54. The topological polar surface area (TPSA) is 67.4 Å². The molecule has 0 bridgehead atoms. The molecule has 0 saturated carbocycles. The molecule has 2 amide bonds. The van der Waals surface area contributed by atoms with Crippen LogP contribution in [0.25, 0.3) is 0 Å². The summed E-state index contributed by atoms with van der Waals surface area (Å²) < 4.78 is 5.41. The third-order valence-corrected chi connectivity index (χ3v) is 2.54. The average molecular weight is 264 g/mol. The van der Waals surface area contributed by atoms with E-state index in [1.807, 2.05) is 38.1 Å². The molecule has 0 spiro atoms. The van der Waals surface area contributed by atoms with E-state index in [0.717, 1.165) is 11.3 Å². The summed E-state index contributed by atoms with van der Waals surface area (Å²) in [4.78, 5) is 22.3. The van der Waals surface area contributed by atoms with Crippen LogP contribution in [-0.2, 0) is 9.59 Å². The number of carbonyl (C=O) groups excluding carboxylic acids is 2. The number of ether oxygens (including phenoxy) is 1. The van der Waals surface area contributed by atoms with Crippen LogP contribution in [-0.4, -0.2) is 25.0 Å². The van der Waals surface area contributed by atoms with Crippen LogP contribution in [0.15, 0.2) is 24.3 Å². The van der Waals surface area contributed by atoms with E-state index in [1.54, 1.807) is 0 Å². The molecule has 104 valence electrons. The molecule has 5 nitrogen and oxygen atoms in total. The van der Waals surface area contributed by atoms with Crippen LogP contribution >= 0.6 is 0 Å². The zero-order chi connectivity index (χ0) is 14.3. The van der Waals surface area contributed by atoms with E-state index in [-0.39, 0.29) is 24.4 Å². The van der Waals surface area contributed by atoms with Gasteiger partial charge in [-0.3, -0.25) is 9.59 Å². The van der Waals surface area contributed by atoms with Crippen molar-refractivity contribution >= 4 is 11.8 Å². The maximum Gasteiger partial charge on any atom is 0.239 e. The normalized spacial score (nSPS) is 11.5. The summed E-state index contributed by atoms with van der Waals surface area (Å²) in [6.07, 6.45) is 0. The molecule has 1 aromatic rings. The highest BCUT2D eigenvalue weighted by Crippen LogP contribution is 2.18. The predicted molar refractivity (Wildman–Crippen MR) is 72.9 cm³/mol. The Hall–Kier alpha value is -2.04. The van der Waals surface area contributed by atoms with Gasteiger partial charge in [0.15, 0.2) is 0 Å². The van der Waals surface area contributed by atoms with Crippen molar-refractivity contribution in [1.82, 2.24) is 10.6 Å². The summed E-state index contributed by atoms with van der Waals surface area (Å²) in [5.41, 5.74) is 0.960. The Balaban J connectivity index is 2.57. The van der Waals surface area contributed by atoms with Crippen LogP contribution in [0, 0.1) is 0 Å². The first-order chi connectivity index (χ1) is 9.02. The summed E-state index contributed by atoms with van der Waals surface area (Å²) in [5.74, 6) is 0.341. The Morgan fingerprint density at radius 2 is 2.11 bits per heavy atom. The number of benzene rings is 1. The van der Waals surface area contributed by atoms with Gasteiger partial charge in [-0.2, -0.15) is 0 Å². The van der Waals surface area contributed by atoms with E-state index in [1.165, 1.54) is 6.92 Å². The predicted octanol–water partition coefficient (Wildman–Crippen LogP) is 1.40. The van der Waals surface area contributed by atoms with E-state index < -0.39 is 0 Å². The summed E-state index contributed by atoms with van der Waals surface area (Å²) in [7, 11) is 0. The van der Waals surface area contributed by atoms with Crippen LogP contribution in [0.1, 0.15) is 32.4 Å². The van der Waals surface area contributed by atoms with Crippen molar-refractivity contribution in [3.8, 4) is 5.75 Å². The molecule has 0 fully saturated rings. The van der Waals surface area contributed by atoms with Crippen LogP contribution in [0.2, 0.25) is 0 Å². The summed E-state index contributed by atoms with van der Waals surface area (Å²) in [5, 5.41) is 5.27. The van der Waals surface area contributed by atoms with Crippen molar-refractivity contribution in [1.29, 1.82) is 0 Å². The lowest BCUT2D eigenvalue weighted by Gasteiger charge is -2.15. The van der Waals surface area contributed by atoms with Gasteiger partial charge in [0.05, 0.1) is 19.2 Å². The van der Waals surface area contributed by atoms with Gasteiger partial charge in [0.1, 0.15) is 5.75 Å². The van der Waals surface area contributed by atoms with Gasteiger partial charge in [-0.1, -0.05) is 12.1 Å². The summed E-state index contributed by atoms with van der Waals surface area (Å²) in [6, 6.07) is 7.44. The molecule has 5 heteroatoms. The first kappa shape index (κ1) is 15.0. The first-order valence-electron chi connectivity index (χ1n) is 6.29. The molecule has 0 aliphatic rings. The Labute approximate surface area is 113 Å². The minimum Gasteiger partial charge on any atom is -0.494 e. The Kier molecular flexibility index (Phi) is 5.85. The quantitative estimate of drug-likeness (QED) is 0.816. The van der Waals surface area contributed by atoms with Crippen molar-refractivity contribution in [2.75, 3.05) is 13.2 Å². The van der Waals surface area contributed by atoms with Crippen molar-refractivity contribution in [2.24, 2.45) is 0 Å². The maximum atomic E-state index is 11.6. The van der Waals surface area contributed by atoms with Crippen LogP contribution in [0.4, 0.5) is 0 Å². The highest BCUT2D eigenvalue weighted by Gasteiger charge is 2.10. The van der Waals surface area contributed by atoms with Gasteiger partial charge in [0.25, 0.3) is 0 Å². The van der Waals surface area contributed by atoms with Gasteiger partial charge in [-0.25, -0.2) is 0 Å². The Morgan fingerprint density at radius 1 is 1.37 bits per heavy atom. The maximum absolute atomic E-state index is 11.6. The van der Waals surface area contributed by atoms with Gasteiger partial charge in [-0.05, 0) is 31.5 Å². The minimum atomic E-state index is -0.221. The number of nitrogens with one attached hydrogen (secondary N) is 2. The number of hydrogen-bond donors (Lipinski definition) is 2. The van der Waals surface area contributed by atoms with Crippen LogP contribution in [0.3, 0.4) is 0 Å². The highest BCUT2D eigenvalue weighted by molar-refractivity contribution is 5.83. The molecule has 0 radical (unpaired) electrons. The molecule has 1 unspecified atom stereocenters. The standard InChI is InChI=1S/C14H20N2O3/c1-4-19-13-7-5-6-12(8-13)10(2)16-14(18)9-15-11(3)17/h5-8,10H,4,9H2,1-3H3,(H,15,17)(H,16,18). The van der Waals surface area contributed by atoms with Gasteiger partial charge in [0.2, 0.25) is 11.8 Å². The Morgan fingerprint density at radius 3 is 2.74 bits per heavy atom. The summed E-state index contributed by atoms with van der Waals surface area (Å²) in [6.45, 7) is 5.78. The molecule has 0 aromatic heterocycles. The SMILES string of the molecule is CCOc1cccc(C(C)NC(=O)CNC(C)=O)c1. The number of hydrogen-bond acceptors (Lipinski definition) is 3. The van der Waals surface area contributed by atoms with Gasteiger partial charge >= 0.3 is 0 Å². The number of amides is 2. The fraction of sp³-hybridized carbons (Fsp3) is 0.429. The molecule has 1 rings (SSSR count). The molecular formula is C14H20N2O3. The number of rotatable bonds is 6. The zero-order valence-corrected chi connectivity index (χ0v) is 11.5. The van der Waals surface area contributed by atoms with Crippen molar-refractivity contribution in [3.63, 3.8) is 0 Å². The van der Waals surface area contributed by atoms with Gasteiger partial charge in [0, 0.05) is 6.92 Å². The van der Waals surface area contributed by atoms with Crippen molar-refractivity contribution < 1.29 is 14.3 Å². The van der Waals surface area contributed by atoms with Crippen LogP contribution in [0.5, 0.6) is 5.75 Å². The summed E-state index contributed by atoms with van der Waals surface area (Å²) >= 11 is 0. The average Bonchev–Trinajstić information content (AvgIpc) is 2.37. The van der Waals surface area contributed by atoms with Crippen molar-refractivity contribution in [2.45, 2.75) is 26.8 Å². The second-order valence-electron chi connectivity index (χ2n) is 4.20. The first-order valence-corrected chi connectivity index (χ1v) is 6.29. The molecule has 0 aliphatic heterocycles. The van der Waals surface area contributed by atoms with E-state index >= 15 is 0 Å². The molecule has 1 aromatic carbocycles. The minimum absolute atomic E-state index is 0.00910. The van der Waals surface area contributed by atoms with E-state index in [4.69, 9.17) is 4.74 Å². The molecule has 2 N–H and O–H groups in total. The lowest BCUT2D eigenvalue weighted by molar-refractivity contribution is -0.125. The fourth-order valence-electron chi connectivity index (χ4n) is 1.62. The molecule has 0 saturated heterocycles. The monoisotopic (exact) mass is 264 g/mol. The van der Waals surface area contributed by atoms with Crippen LogP contribution < -0.4 is 15.4 Å². The fourth-order valence-corrected chi connectivity index (χ4v) is 1.62. The van der Waals surface area contributed by atoms with Gasteiger partial charge < -0.3 is 15.4 Å². The molecular weight excluding hydrogens is 244 g/mol. The van der Waals surface area contributed by atoms with Crippen molar-refractivity contribution in [3.05, 3.63) is 29.8 Å². The largest absolute Gasteiger partial charge is 0.494 e. The lowest BCUT2D eigenvalue weighted by atomic mass is 10.1. The van der Waals surface area contributed by atoms with Gasteiger partial charge in [-0.15, -0.1) is 0 Å². The third kappa shape index (κ3) is 5.42. The lowest BCUT2D eigenvalue weighted by Crippen LogP contribution is -2.37. The highest BCUT2D eigenvalue weighted by atomic mass is 16.5. The molecule has 19 heavy (non-hydrogen) atoms. The molecule has 0 aliphatic carbocycles. The second-order valence-corrected chi connectivity index (χ2v) is 4.20. The molecule has 0 heterocycles. The van der Waals surface area contributed by atoms with E-state index in [2.05, 4.69) is 10.6 Å². The molecule has 1 atom stereocenters. The smallest absolute Gasteiger partial charge is 0.239 e. The second kappa shape index (κ2) is 7.41. The van der Waals surface area contributed by atoms with E-state index in [0.29, 0.717) is 6.61 Å². The zero-order valence-electron chi connectivity index (χ0n) is 11.5. The Bertz CT molecular complexity index is 446.